The van der Waals surface area contributed by atoms with Crippen LogP contribution in [0.5, 0.6) is 0 Å². The number of aryl methyl sites for hydroxylation is 1. The highest BCUT2D eigenvalue weighted by Gasteiger charge is 2.35. The van der Waals surface area contributed by atoms with Gasteiger partial charge in [-0.3, -0.25) is 14.2 Å². The summed E-state index contributed by atoms with van der Waals surface area (Å²) >= 11 is 0. The summed E-state index contributed by atoms with van der Waals surface area (Å²) in [7, 11) is 0. The van der Waals surface area contributed by atoms with Crippen LogP contribution in [0.4, 0.5) is 4.79 Å². The molecule has 1 aliphatic rings. The van der Waals surface area contributed by atoms with Crippen LogP contribution in [0.2, 0.25) is 0 Å². The van der Waals surface area contributed by atoms with E-state index in [0.29, 0.717) is 24.8 Å². The van der Waals surface area contributed by atoms with Crippen molar-refractivity contribution in [3.63, 3.8) is 0 Å². The minimum Gasteiger partial charge on any atom is -0.464 e. The number of carbonyl (C=O) groups is 3. The lowest BCUT2D eigenvalue weighted by molar-refractivity contribution is -0.138. The van der Waals surface area contributed by atoms with Gasteiger partial charge in [0.1, 0.15) is 12.1 Å². The molecule has 0 bridgehead atoms. The second-order valence-electron chi connectivity index (χ2n) is 7.15. The van der Waals surface area contributed by atoms with Gasteiger partial charge in [-0.2, -0.15) is 0 Å². The maximum atomic E-state index is 12.3. The van der Waals surface area contributed by atoms with Gasteiger partial charge in [-0.25, -0.2) is 4.79 Å². The van der Waals surface area contributed by atoms with Gasteiger partial charge in [-0.05, 0) is 36.8 Å². The second-order valence-corrected chi connectivity index (χ2v) is 7.15. The molecule has 1 aromatic carbocycles. The van der Waals surface area contributed by atoms with E-state index in [-0.39, 0.29) is 17.7 Å². The standard InChI is InChI=1S/C20H25N3O4/c1-3-12(2)17-19(25)21-15(18(24)22-17)9-6-7-13-11-23(20(26)27)16-10-5-4-8-14(13)16/h4-5,8,10-12,15,17H,3,6-7,9H2,1-2H3,(H,21,25)(H,22,24)(H,26,27)/t12?,15-,17-/m1/s1. The quantitative estimate of drug-likeness (QED) is 0.726. The number of rotatable bonds is 6. The molecule has 1 fully saturated rings. The SMILES string of the molecule is CCC(C)[C@H]1NC(=O)[C@@H](CCCc2cn(C(=O)O)c3ccccc23)NC1=O. The molecule has 0 radical (unpaired) electrons. The molecular weight excluding hydrogens is 346 g/mol. The number of carboxylic acid groups (broad SMARTS) is 1. The Morgan fingerprint density at radius 2 is 1.96 bits per heavy atom. The van der Waals surface area contributed by atoms with E-state index < -0.39 is 18.2 Å². The van der Waals surface area contributed by atoms with Gasteiger partial charge in [-0.1, -0.05) is 38.5 Å². The zero-order chi connectivity index (χ0) is 19.6. The van der Waals surface area contributed by atoms with Gasteiger partial charge >= 0.3 is 6.09 Å². The Morgan fingerprint density at radius 3 is 2.67 bits per heavy atom. The van der Waals surface area contributed by atoms with Crippen molar-refractivity contribution in [1.82, 2.24) is 15.2 Å². The summed E-state index contributed by atoms with van der Waals surface area (Å²) in [5.74, 6) is -0.179. The number of hydrogen-bond donors (Lipinski definition) is 3. The third-order valence-corrected chi connectivity index (χ3v) is 5.37. The summed E-state index contributed by atoms with van der Waals surface area (Å²) in [4.78, 5) is 36.0. The molecule has 7 nitrogen and oxygen atoms in total. The topological polar surface area (TPSA) is 100 Å². The molecule has 1 saturated heterocycles. The van der Waals surface area contributed by atoms with Crippen LogP contribution in [0.3, 0.4) is 0 Å². The summed E-state index contributed by atoms with van der Waals surface area (Å²) in [5, 5.41) is 15.9. The maximum absolute atomic E-state index is 12.3. The molecule has 1 aromatic heterocycles. The average molecular weight is 371 g/mol. The van der Waals surface area contributed by atoms with Crippen LogP contribution in [0.15, 0.2) is 30.5 Å². The van der Waals surface area contributed by atoms with Crippen LogP contribution in [0, 0.1) is 5.92 Å². The van der Waals surface area contributed by atoms with E-state index in [0.717, 1.165) is 17.4 Å². The Bertz CT molecular complexity index is 873. The molecule has 0 aliphatic carbocycles. The Labute approximate surface area is 157 Å². The van der Waals surface area contributed by atoms with Crippen molar-refractivity contribution in [3.05, 3.63) is 36.0 Å². The predicted octanol–water partition coefficient (Wildman–Crippen LogP) is 2.52. The van der Waals surface area contributed by atoms with Crippen LogP contribution < -0.4 is 10.6 Å². The van der Waals surface area contributed by atoms with Crippen LogP contribution >= 0.6 is 0 Å². The molecule has 7 heteroatoms. The zero-order valence-corrected chi connectivity index (χ0v) is 15.6. The summed E-state index contributed by atoms with van der Waals surface area (Å²) in [6.07, 6.45) is 3.24. The maximum Gasteiger partial charge on any atom is 0.416 e. The van der Waals surface area contributed by atoms with Crippen LogP contribution in [0.25, 0.3) is 10.9 Å². The van der Waals surface area contributed by atoms with E-state index in [1.165, 1.54) is 4.57 Å². The summed E-state index contributed by atoms with van der Waals surface area (Å²) < 4.78 is 1.22. The first-order valence-electron chi connectivity index (χ1n) is 9.35. The Hall–Kier alpha value is -2.83. The molecule has 1 unspecified atom stereocenters. The Morgan fingerprint density at radius 1 is 1.22 bits per heavy atom. The van der Waals surface area contributed by atoms with Crippen molar-refractivity contribution >= 4 is 28.8 Å². The fourth-order valence-electron chi connectivity index (χ4n) is 3.59. The Kier molecular flexibility index (Phi) is 5.48. The normalized spacial score (nSPS) is 21.0. The minimum atomic E-state index is -1.02. The number of benzene rings is 1. The number of amides is 2. The van der Waals surface area contributed by atoms with Gasteiger partial charge in [0.05, 0.1) is 5.52 Å². The summed E-state index contributed by atoms with van der Waals surface area (Å²) in [6, 6.07) is 6.35. The summed E-state index contributed by atoms with van der Waals surface area (Å²) in [6.45, 7) is 3.94. The number of hydrogen-bond acceptors (Lipinski definition) is 3. The molecule has 0 spiro atoms. The molecular formula is C20H25N3O4. The van der Waals surface area contributed by atoms with Crippen molar-refractivity contribution in [2.75, 3.05) is 0 Å². The van der Waals surface area contributed by atoms with Gasteiger partial charge in [0.15, 0.2) is 0 Å². The van der Waals surface area contributed by atoms with Gasteiger partial charge in [0, 0.05) is 11.6 Å². The van der Waals surface area contributed by atoms with E-state index in [9.17, 15) is 19.5 Å². The number of nitrogens with one attached hydrogen (secondary N) is 2. The van der Waals surface area contributed by atoms with Crippen molar-refractivity contribution in [2.45, 2.75) is 51.6 Å². The molecule has 3 N–H and O–H groups in total. The second kappa shape index (κ2) is 7.82. The molecule has 27 heavy (non-hydrogen) atoms. The predicted molar refractivity (Wildman–Crippen MR) is 102 cm³/mol. The molecule has 2 heterocycles. The van der Waals surface area contributed by atoms with Crippen LogP contribution in [-0.2, 0) is 16.0 Å². The molecule has 3 atom stereocenters. The highest BCUT2D eigenvalue weighted by molar-refractivity contribution is 5.97. The lowest BCUT2D eigenvalue weighted by Gasteiger charge is -2.32. The van der Waals surface area contributed by atoms with E-state index in [2.05, 4.69) is 10.6 Å². The number of carbonyl (C=O) groups excluding carboxylic acids is 2. The first kappa shape index (κ1) is 18.9. The zero-order valence-electron chi connectivity index (χ0n) is 15.6. The fraction of sp³-hybridized carbons (Fsp3) is 0.450. The highest BCUT2D eigenvalue weighted by Crippen LogP contribution is 2.23. The largest absolute Gasteiger partial charge is 0.464 e. The molecule has 144 valence electrons. The number of para-hydroxylation sites is 1. The van der Waals surface area contributed by atoms with E-state index >= 15 is 0 Å². The van der Waals surface area contributed by atoms with E-state index in [1.54, 1.807) is 18.3 Å². The van der Waals surface area contributed by atoms with Crippen molar-refractivity contribution in [2.24, 2.45) is 5.92 Å². The molecule has 2 amide bonds. The third-order valence-electron chi connectivity index (χ3n) is 5.37. The van der Waals surface area contributed by atoms with Gasteiger partial charge in [-0.15, -0.1) is 0 Å². The molecule has 3 rings (SSSR count). The monoisotopic (exact) mass is 371 g/mol. The van der Waals surface area contributed by atoms with Crippen molar-refractivity contribution < 1.29 is 19.5 Å². The number of aromatic nitrogens is 1. The van der Waals surface area contributed by atoms with Crippen LogP contribution in [0.1, 0.15) is 38.7 Å². The van der Waals surface area contributed by atoms with Crippen molar-refractivity contribution in [1.29, 1.82) is 0 Å². The molecule has 0 saturated carbocycles. The molecule has 1 aliphatic heterocycles. The van der Waals surface area contributed by atoms with Crippen LogP contribution in [-0.4, -0.2) is 39.7 Å². The van der Waals surface area contributed by atoms with Gasteiger partial charge in [0.25, 0.3) is 0 Å². The minimum absolute atomic E-state index is 0.0945. The third kappa shape index (κ3) is 3.82. The Balaban J connectivity index is 1.64. The van der Waals surface area contributed by atoms with Crippen molar-refractivity contribution in [3.8, 4) is 0 Å². The summed E-state index contributed by atoms with van der Waals surface area (Å²) in [5.41, 5.74) is 1.58. The number of piperazine rings is 1. The first-order valence-corrected chi connectivity index (χ1v) is 9.35. The van der Waals surface area contributed by atoms with Gasteiger partial charge < -0.3 is 15.7 Å². The van der Waals surface area contributed by atoms with Gasteiger partial charge in [0.2, 0.25) is 11.8 Å². The highest BCUT2D eigenvalue weighted by atomic mass is 16.4. The van der Waals surface area contributed by atoms with E-state index in [1.807, 2.05) is 26.0 Å². The smallest absolute Gasteiger partial charge is 0.416 e. The molecule has 2 aromatic rings. The fourth-order valence-corrected chi connectivity index (χ4v) is 3.59. The number of fused-ring (bicyclic) bond motifs is 1. The average Bonchev–Trinajstić information content (AvgIpc) is 3.03. The number of nitrogens with zero attached hydrogens (tertiary/aromatic N) is 1. The lowest BCUT2D eigenvalue weighted by Crippen LogP contribution is -2.63. The van der Waals surface area contributed by atoms with E-state index in [4.69, 9.17) is 0 Å². The lowest BCUT2D eigenvalue weighted by atomic mass is 9.94. The first-order chi connectivity index (χ1) is 12.9.